The van der Waals surface area contributed by atoms with Gasteiger partial charge in [0, 0.05) is 0 Å². The summed E-state index contributed by atoms with van der Waals surface area (Å²) >= 11 is 2.22. The molecule has 48 valence electrons. The van der Waals surface area contributed by atoms with Crippen molar-refractivity contribution in [2.75, 3.05) is 6.61 Å². The molecule has 0 aromatic heterocycles. The third-order valence-corrected chi connectivity index (χ3v) is 0.622. The molecule has 0 atom stereocenters. The molecule has 8 heavy (non-hydrogen) atoms. The molecule has 0 aliphatic carbocycles. The van der Waals surface area contributed by atoms with Gasteiger partial charge in [-0.05, 0) is 0 Å². The molecule has 1 nitrogen and oxygen atoms in total. The van der Waals surface area contributed by atoms with Crippen molar-refractivity contribution >= 4 is 16.6 Å². The van der Waals surface area contributed by atoms with E-state index in [9.17, 15) is 0 Å². The Balaban J connectivity index is -0.000000125. The first-order valence-corrected chi connectivity index (χ1v) is 2.56. The fraction of sp³-hybridized carbons (Fsp3) is 1.00. The first-order valence-electron chi connectivity index (χ1n) is 2.09. The van der Waals surface area contributed by atoms with Crippen molar-refractivity contribution < 1.29 is 37.8 Å². The maximum atomic E-state index is 4.72. The molecule has 0 spiro atoms. The van der Waals surface area contributed by atoms with E-state index in [0.717, 1.165) is 6.61 Å². The molecule has 0 aliphatic heterocycles. The van der Waals surface area contributed by atoms with Gasteiger partial charge >= 0.3 is 46.8 Å². The Kier molecular flexibility index (Phi) is 22.9. The second-order valence-electron chi connectivity index (χ2n) is 1.73. The molecule has 0 unspecified atom stereocenters. The average molecular weight is 260 g/mol. The van der Waals surface area contributed by atoms with Crippen molar-refractivity contribution in [2.45, 2.75) is 13.8 Å². The minimum atomic E-state index is 0. The van der Waals surface area contributed by atoms with Gasteiger partial charge in [-0.15, -0.1) is 0 Å². The van der Waals surface area contributed by atoms with Crippen molar-refractivity contribution in [1.29, 1.82) is 0 Å². The number of rotatable bonds is 2. The fourth-order valence-electron chi connectivity index (χ4n) is 0.192. The number of halogens is 2. The van der Waals surface area contributed by atoms with E-state index in [2.05, 4.69) is 30.5 Å². The number of hydrogen-bond donors (Lipinski definition) is 0. The van der Waals surface area contributed by atoms with E-state index in [1.807, 2.05) is 0 Å². The Labute approximate surface area is 80.5 Å². The van der Waals surface area contributed by atoms with Gasteiger partial charge in [-0.2, -0.15) is 0 Å². The predicted molar refractivity (Wildman–Crippen MR) is 26.5 cm³/mol. The maximum absolute atomic E-state index is 4.72. The van der Waals surface area contributed by atoms with Crippen LogP contribution in [0.15, 0.2) is 0 Å². The van der Waals surface area contributed by atoms with Crippen molar-refractivity contribution in [2.24, 2.45) is 5.92 Å². The number of hydrogen-bond acceptors (Lipinski definition) is 1. The largest absolute Gasteiger partial charge is 1.00 e. The van der Waals surface area contributed by atoms with Crippen LogP contribution >= 0.6 is 0 Å². The van der Waals surface area contributed by atoms with E-state index in [1.54, 1.807) is 0 Å². The molecule has 0 saturated heterocycles. The molecule has 0 aliphatic rings. The molecule has 0 rings (SSSR count). The molecular weight excluding hydrogens is 251 g/mol. The van der Waals surface area contributed by atoms with Gasteiger partial charge in [0.05, 0.1) is 0 Å². The van der Waals surface area contributed by atoms with E-state index in [-0.39, 0.29) is 34.0 Å². The molecule has 0 aromatic rings. The Morgan fingerprint density at radius 1 is 1.38 bits per heavy atom. The molecule has 0 radical (unpaired) electrons. The minimum absolute atomic E-state index is 0. The summed E-state index contributed by atoms with van der Waals surface area (Å²) in [4.78, 5) is 0. The van der Waals surface area contributed by atoms with E-state index in [1.165, 1.54) is 0 Å². The fourth-order valence-corrected chi connectivity index (χ4v) is 0.577. The van der Waals surface area contributed by atoms with Gasteiger partial charge in [0.25, 0.3) is 0 Å². The molecule has 0 N–H and O–H groups in total. The summed E-state index contributed by atoms with van der Waals surface area (Å²) in [6, 6.07) is 0. The molecule has 0 bridgehead atoms. The Bertz CT molecular complexity index is 35.2. The van der Waals surface area contributed by atoms with E-state index in [0.29, 0.717) is 5.92 Å². The zero-order chi connectivity index (χ0) is 4.99. The van der Waals surface area contributed by atoms with Crippen molar-refractivity contribution in [3.8, 4) is 0 Å². The Morgan fingerprint density at radius 3 is 1.75 bits per heavy atom. The van der Waals surface area contributed by atoms with Crippen LogP contribution in [0.2, 0.25) is 0 Å². The van der Waals surface area contributed by atoms with Gasteiger partial charge in [-0.3, -0.25) is 0 Å². The normalized spacial score (nSPS) is 7.62. The van der Waals surface area contributed by atoms with Gasteiger partial charge in [0.15, 0.2) is 0 Å². The van der Waals surface area contributed by atoms with Crippen LogP contribution in [0, 0.1) is 5.92 Å². The Hall–Kier alpha value is 1.45. The molecule has 4 heteroatoms. The molecular formula is C4H9AlBr2O. The van der Waals surface area contributed by atoms with Crippen LogP contribution in [0.4, 0.5) is 0 Å². The summed E-state index contributed by atoms with van der Waals surface area (Å²) in [7, 11) is 0. The summed E-state index contributed by atoms with van der Waals surface area (Å²) in [6.07, 6.45) is 0. The molecule has 0 saturated carbocycles. The second-order valence-corrected chi connectivity index (χ2v) is 2.06. The van der Waals surface area contributed by atoms with Gasteiger partial charge < -0.3 is 34.0 Å². The predicted octanol–water partition coefficient (Wildman–Crippen LogP) is -5.25. The molecule has 0 heterocycles. The Morgan fingerprint density at radius 2 is 1.75 bits per heavy atom. The standard InChI is InChI=1S/C4H9O.Al.2BrH/c1-4(2)3-5;;;/h4H,3H2,1-2H3;;2*1H/q-1;+3;;/p-2. The van der Waals surface area contributed by atoms with E-state index >= 15 is 0 Å². The average Bonchev–Trinajstić information content (AvgIpc) is 1.35. The van der Waals surface area contributed by atoms with E-state index < -0.39 is 0 Å². The second kappa shape index (κ2) is 11.3. The van der Waals surface area contributed by atoms with Crippen LogP contribution in [-0.2, 0) is 3.79 Å². The summed E-state index contributed by atoms with van der Waals surface area (Å²) in [5, 5.41) is 0. The zero-order valence-electron chi connectivity index (χ0n) is 5.03. The van der Waals surface area contributed by atoms with Crippen LogP contribution in [0.3, 0.4) is 0 Å². The summed E-state index contributed by atoms with van der Waals surface area (Å²) in [5.74, 6) is 0.655. The summed E-state index contributed by atoms with van der Waals surface area (Å²) in [5.41, 5.74) is 0. The first kappa shape index (κ1) is 16.2. The van der Waals surface area contributed by atoms with Crippen LogP contribution in [0.5, 0.6) is 0 Å². The molecule has 0 fully saturated rings. The van der Waals surface area contributed by atoms with Crippen molar-refractivity contribution in [3.63, 3.8) is 0 Å². The minimum Gasteiger partial charge on any atom is -1.00 e. The smallest absolute Gasteiger partial charge is 1.00 e. The molecule has 0 amide bonds. The van der Waals surface area contributed by atoms with Crippen LogP contribution in [-0.4, -0.2) is 23.2 Å². The quantitative estimate of drug-likeness (QED) is 0.451. The maximum Gasteiger partial charge on any atom is -1.00 e. The SMILES string of the molecule is CC(C)C[O][Al+2].[Br-].[Br-]. The van der Waals surface area contributed by atoms with Gasteiger partial charge in [-0.25, -0.2) is 0 Å². The summed E-state index contributed by atoms with van der Waals surface area (Å²) < 4.78 is 4.72. The van der Waals surface area contributed by atoms with Crippen LogP contribution in [0.25, 0.3) is 0 Å². The van der Waals surface area contributed by atoms with Gasteiger partial charge in [-0.1, -0.05) is 0 Å². The monoisotopic (exact) mass is 258 g/mol. The van der Waals surface area contributed by atoms with Gasteiger partial charge in [0.2, 0.25) is 0 Å². The zero-order valence-corrected chi connectivity index (χ0v) is 9.35. The first-order chi connectivity index (χ1) is 2.77. The third kappa shape index (κ3) is 15.7. The van der Waals surface area contributed by atoms with Crippen LogP contribution < -0.4 is 34.0 Å². The van der Waals surface area contributed by atoms with Crippen molar-refractivity contribution in [3.05, 3.63) is 0 Å². The van der Waals surface area contributed by atoms with Crippen LogP contribution in [0.1, 0.15) is 13.8 Å². The van der Waals surface area contributed by atoms with Crippen molar-refractivity contribution in [1.82, 2.24) is 0 Å². The third-order valence-electron chi connectivity index (χ3n) is 0.430. The molecule has 0 aromatic carbocycles. The topological polar surface area (TPSA) is 9.23 Å². The van der Waals surface area contributed by atoms with Gasteiger partial charge in [0.1, 0.15) is 0 Å². The van der Waals surface area contributed by atoms with E-state index in [4.69, 9.17) is 3.79 Å². The summed E-state index contributed by atoms with van der Waals surface area (Å²) in [6.45, 7) is 5.07.